The summed E-state index contributed by atoms with van der Waals surface area (Å²) >= 11 is 0. The molecular weight excluding hydrogens is 657 g/mol. The lowest BCUT2D eigenvalue weighted by atomic mass is 9.89. The molecule has 50 heavy (non-hydrogen) atoms. The fourth-order valence-electron chi connectivity index (χ4n) is 7.01. The van der Waals surface area contributed by atoms with Gasteiger partial charge in [-0.3, -0.25) is 14.5 Å². The first-order valence-corrected chi connectivity index (χ1v) is 16.9. The zero-order chi connectivity index (χ0) is 36.4. The number of β-amino-alcohol motifs (C(OH)–C–C–N with tert-alkyl or cyclic N) is 1. The third-order valence-corrected chi connectivity index (χ3v) is 9.11. The average molecular weight is 705 g/mol. The van der Waals surface area contributed by atoms with Crippen LogP contribution in [0.3, 0.4) is 0 Å². The lowest BCUT2D eigenvalue weighted by molar-refractivity contribution is -0.153. The Labute approximate surface area is 290 Å². The van der Waals surface area contributed by atoms with Gasteiger partial charge < -0.3 is 34.4 Å². The van der Waals surface area contributed by atoms with Gasteiger partial charge >= 0.3 is 12.3 Å². The van der Waals surface area contributed by atoms with Gasteiger partial charge in [0.2, 0.25) is 11.8 Å². The highest BCUT2D eigenvalue weighted by Crippen LogP contribution is 2.48. The van der Waals surface area contributed by atoms with Crippen LogP contribution in [0.4, 0.5) is 18.0 Å². The van der Waals surface area contributed by atoms with E-state index in [0.717, 1.165) is 11.1 Å². The molecule has 3 amide bonds. The van der Waals surface area contributed by atoms with E-state index in [0.29, 0.717) is 12.2 Å². The summed E-state index contributed by atoms with van der Waals surface area (Å²) in [7, 11) is 0. The Balaban J connectivity index is 1.37. The number of fused-ring (bicyclic) bond motifs is 3. The lowest BCUT2D eigenvalue weighted by Gasteiger charge is -2.42. The molecule has 3 aliphatic heterocycles. The second-order valence-electron chi connectivity index (χ2n) is 14.7. The number of halogens is 3. The van der Waals surface area contributed by atoms with Crippen molar-refractivity contribution in [2.75, 3.05) is 39.3 Å². The number of aliphatic hydroxyl groups excluding tert-OH is 1. The number of carbonyl (C=O) groups is 3. The molecule has 274 valence electrons. The van der Waals surface area contributed by atoms with Crippen molar-refractivity contribution >= 4 is 17.9 Å². The van der Waals surface area contributed by atoms with Crippen LogP contribution in [0.1, 0.15) is 58.2 Å². The van der Waals surface area contributed by atoms with Crippen LogP contribution >= 0.6 is 0 Å². The van der Waals surface area contributed by atoms with Gasteiger partial charge in [0.1, 0.15) is 42.4 Å². The molecule has 5 rings (SSSR count). The Bertz CT molecular complexity index is 1520. The SMILES string of the molecule is CC(C)(C)OC(=O)N1CCN(C[C@@H](O)C[C@@H](Cc2ccccc2)C(=O)N2[C@H]3c4ccccc4OC[C@H]3OC2(C)C)C(C(=O)NCC(F)(F)F)C1. The predicted molar refractivity (Wildman–Crippen MR) is 177 cm³/mol. The van der Waals surface area contributed by atoms with Gasteiger partial charge in [0.05, 0.1) is 12.1 Å². The van der Waals surface area contributed by atoms with Crippen LogP contribution in [-0.4, -0.2) is 113 Å². The normalized spacial score (nSPS) is 23.3. The first-order valence-electron chi connectivity index (χ1n) is 16.9. The van der Waals surface area contributed by atoms with E-state index in [1.54, 1.807) is 30.6 Å². The minimum Gasteiger partial charge on any atom is -0.490 e. The number of ether oxygens (including phenoxy) is 3. The molecule has 2 N–H and O–H groups in total. The van der Waals surface area contributed by atoms with E-state index < -0.39 is 66.3 Å². The zero-order valence-corrected chi connectivity index (χ0v) is 29.1. The van der Waals surface area contributed by atoms with Crippen LogP contribution in [-0.2, 0) is 25.5 Å². The molecule has 3 aliphatic rings. The zero-order valence-electron chi connectivity index (χ0n) is 29.1. The minimum absolute atomic E-state index is 0.000981. The monoisotopic (exact) mass is 704 g/mol. The standard InChI is InChI=1S/C36H47F3N4O7/c1-34(2,3)50-33(47)42-16-15-41(27(20-42)31(45)40-22-36(37,38)39)19-25(44)18-24(17-23-11-7-6-8-12-23)32(46)43-30-26-13-9-10-14-28(26)48-21-29(30)49-35(43,4)5/h6-14,24-25,27,29-30,44H,15-22H2,1-5H3,(H,40,45)/t24-,25+,27?,29-,30+/m1/s1. The molecule has 3 heterocycles. The summed E-state index contributed by atoms with van der Waals surface area (Å²) in [4.78, 5) is 45.3. The van der Waals surface area contributed by atoms with Gasteiger partial charge in [0, 0.05) is 37.7 Å². The first kappa shape index (κ1) is 37.4. The molecule has 0 aliphatic carbocycles. The van der Waals surface area contributed by atoms with E-state index >= 15 is 0 Å². The average Bonchev–Trinajstić information content (AvgIpc) is 3.32. The largest absolute Gasteiger partial charge is 0.490 e. The van der Waals surface area contributed by atoms with Crippen molar-refractivity contribution < 1.29 is 46.9 Å². The van der Waals surface area contributed by atoms with Crippen molar-refractivity contribution in [3.63, 3.8) is 0 Å². The number of hydrogen-bond donors (Lipinski definition) is 2. The van der Waals surface area contributed by atoms with Crippen molar-refractivity contribution in [1.82, 2.24) is 20.0 Å². The predicted octanol–water partition coefficient (Wildman–Crippen LogP) is 4.29. The van der Waals surface area contributed by atoms with E-state index in [-0.39, 0.29) is 45.1 Å². The fourth-order valence-corrected chi connectivity index (χ4v) is 7.01. The Kier molecular flexibility index (Phi) is 11.0. The quantitative estimate of drug-likeness (QED) is 0.397. The molecule has 2 saturated heterocycles. The van der Waals surface area contributed by atoms with Gasteiger partial charge in [-0.15, -0.1) is 0 Å². The maximum Gasteiger partial charge on any atom is 0.410 e. The number of rotatable bonds is 9. The fraction of sp³-hybridized carbons (Fsp3) is 0.583. The van der Waals surface area contributed by atoms with Crippen LogP contribution < -0.4 is 10.1 Å². The second-order valence-corrected chi connectivity index (χ2v) is 14.7. The Morgan fingerprint density at radius 2 is 1.72 bits per heavy atom. The molecular formula is C36H47F3N4O7. The molecule has 14 heteroatoms. The molecule has 1 unspecified atom stereocenters. The van der Waals surface area contributed by atoms with Gasteiger partial charge in [0.15, 0.2) is 0 Å². The van der Waals surface area contributed by atoms with Crippen molar-refractivity contribution in [2.24, 2.45) is 5.92 Å². The van der Waals surface area contributed by atoms with E-state index in [2.05, 4.69) is 0 Å². The van der Waals surface area contributed by atoms with Crippen LogP contribution in [0.2, 0.25) is 0 Å². The maximum atomic E-state index is 14.7. The number of benzene rings is 2. The van der Waals surface area contributed by atoms with E-state index in [1.165, 1.54) is 4.90 Å². The molecule has 2 aromatic carbocycles. The van der Waals surface area contributed by atoms with Crippen LogP contribution in [0, 0.1) is 5.92 Å². The molecule has 2 fully saturated rings. The summed E-state index contributed by atoms with van der Waals surface area (Å²) in [5.74, 6) is -1.20. The van der Waals surface area contributed by atoms with Gasteiger partial charge in [-0.25, -0.2) is 4.79 Å². The van der Waals surface area contributed by atoms with Crippen molar-refractivity contribution in [1.29, 1.82) is 0 Å². The minimum atomic E-state index is -4.64. The maximum absolute atomic E-state index is 14.7. The number of carbonyl (C=O) groups excluding carboxylic acids is 3. The summed E-state index contributed by atoms with van der Waals surface area (Å²) in [5, 5.41) is 13.5. The number of para-hydroxylation sites is 1. The molecule has 0 saturated carbocycles. The summed E-state index contributed by atoms with van der Waals surface area (Å²) in [6, 6.07) is 15.3. The number of aliphatic hydroxyl groups is 1. The molecule has 2 aromatic rings. The molecule has 0 radical (unpaired) electrons. The highest BCUT2D eigenvalue weighted by atomic mass is 19.4. The van der Waals surface area contributed by atoms with Gasteiger partial charge in [0.25, 0.3) is 0 Å². The van der Waals surface area contributed by atoms with E-state index in [4.69, 9.17) is 14.2 Å². The lowest BCUT2D eigenvalue weighted by Crippen LogP contribution is -2.62. The number of nitrogens with zero attached hydrogens (tertiary/aromatic N) is 3. The van der Waals surface area contributed by atoms with Crippen LogP contribution in [0.25, 0.3) is 0 Å². The van der Waals surface area contributed by atoms with Crippen molar-refractivity contribution in [3.8, 4) is 5.75 Å². The van der Waals surface area contributed by atoms with Gasteiger partial charge in [-0.05, 0) is 59.1 Å². The smallest absolute Gasteiger partial charge is 0.410 e. The Hall–Kier alpha value is -3.88. The summed E-state index contributed by atoms with van der Waals surface area (Å²) < 4.78 is 56.9. The Morgan fingerprint density at radius 3 is 2.40 bits per heavy atom. The number of piperazine rings is 1. The summed E-state index contributed by atoms with van der Waals surface area (Å²) in [5.41, 5.74) is -0.0970. The highest BCUT2D eigenvalue weighted by molar-refractivity contribution is 5.83. The number of alkyl halides is 3. The van der Waals surface area contributed by atoms with E-state index in [1.807, 2.05) is 73.8 Å². The Morgan fingerprint density at radius 1 is 1.04 bits per heavy atom. The van der Waals surface area contributed by atoms with Gasteiger partial charge in [-0.1, -0.05) is 48.5 Å². The third kappa shape index (κ3) is 9.07. The molecule has 0 spiro atoms. The van der Waals surface area contributed by atoms with Crippen LogP contribution in [0.5, 0.6) is 5.75 Å². The summed E-state index contributed by atoms with van der Waals surface area (Å²) in [6.07, 6.45) is -6.57. The molecule has 5 atom stereocenters. The molecule has 11 nitrogen and oxygen atoms in total. The van der Waals surface area contributed by atoms with Gasteiger partial charge in [-0.2, -0.15) is 13.2 Å². The summed E-state index contributed by atoms with van der Waals surface area (Å²) in [6.45, 7) is 7.32. The van der Waals surface area contributed by atoms with Crippen molar-refractivity contribution in [2.45, 2.75) is 89.3 Å². The van der Waals surface area contributed by atoms with Crippen molar-refractivity contribution in [3.05, 3.63) is 65.7 Å². The topological polar surface area (TPSA) is 121 Å². The number of nitrogens with one attached hydrogen (secondary N) is 1. The second kappa shape index (κ2) is 14.8. The molecule has 0 bridgehead atoms. The number of amides is 3. The third-order valence-electron chi connectivity index (χ3n) is 9.11. The van der Waals surface area contributed by atoms with E-state index in [9.17, 15) is 32.7 Å². The van der Waals surface area contributed by atoms with Crippen LogP contribution in [0.15, 0.2) is 54.6 Å². The first-order chi connectivity index (χ1) is 23.4. The molecule has 0 aromatic heterocycles. The number of hydrogen-bond acceptors (Lipinski definition) is 8. The highest BCUT2D eigenvalue weighted by Gasteiger charge is 2.54.